The number of hydrogen-bond donors (Lipinski definition) is 3. The molecule has 0 aliphatic rings. The molecule has 0 aliphatic carbocycles. The van der Waals surface area contributed by atoms with Gasteiger partial charge in [-0.3, -0.25) is 0 Å². The number of rotatable bonds is 8. The second-order valence-corrected chi connectivity index (χ2v) is 4.58. The molecule has 5 N–H and O–H groups in total. The quantitative estimate of drug-likeness (QED) is 0.365. The predicted octanol–water partition coefficient (Wildman–Crippen LogP) is 0.641. The summed E-state index contributed by atoms with van der Waals surface area (Å²) in [6, 6.07) is 9.00. The number of esters is 1. The maximum Gasteiger partial charge on any atom is 0.338 e. The minimum atomic E-state index is -2.01. The summed E-state index contributed by atoms with van der Waals surface area (Å²) in [5.41, 5.74) is 9.78. The molecule has 0 saturated heterocycles. The molecule has 0 unspecified atom stereocenters. The van der Waals surface area contributed by atoms with Gasteiger partial charge in [0, 0.05) is 0 Å². The number of carbonyl (C=O) groups excluding carboxylic acids is 1. The number of aliphatic carboxylic acids is 1. The lowest BCUT2D eigenvalue weighted by Gasteiger charge is -2.22. The molecule has 0 spiro atoms. The van der Waals surface area contributed by atoms with E-state index in [4.69, 9.17) is 21.3 Å². The molecule has 0 aromatic heterocycles. The van der Waals surface area contributed by atoms with Gasteiger partial charge < -0.3 is 21.3 Å². The standard InChI is InChI=1S/C14H20N2O4/c15-9-5-4-8-14(16,12(17)18)13(19)20-10-11-6-2-1-3-7-11/h1-3,6-7H,4-5,8-10,15-16H2,(H,17,18)/t14-/m1/s1. The molecule has 0 bridgehead atoms. The molecular formula is C14H20N2O4. The lowest BCUT2D eigenvalue weighted by molar-refractivity contribution is -0.162. The summed E-state index contributed by atoms with van der Waals surface area (Å²) in [4.78, 5) is 23.1. The molecule has 0 amide bonds. The van der Waals surface area contributed by atoms with E-state index < -0.39 is 17.5 Å². The first-order chi connectivity index (χ1) is 9.50. The number of hydrogen-bond acceptors (Lipinski definition) is 5. The van der Waals surface area contributed by atoms with E-state index in [0.29, 0.717) is 19.4 Å². The van der Waals surface area contributed by atoms with Gasteiger partial charge in [-0.25, -0.2) is 9.59 Å². The molecule has 0 heterocycles. The Kier molecular flexibility index (Phi) is 6.14. The third-order valence-electron chi connectivity index (χ3n) is 2.98. The summed E-state index contributed by atoms with van der Waals surface area (Å²) in [5, 5.41) is 9.14. The Labute approximate surface area is 117 Å². The molecule has 1 atom stereocenters. The summed E-state index contributed by atoms with van der Waals surface area (Å²) < 4.78 is 5.01. The molecule has 0 aliphatic heterocycles. The highest BCUT2D eigenvalue weighted by atomic mass is 16.5. The van der Waals surface area contributed by atoms with Gasteiger partial charge in [0.25, 0.3) is 0 Å². The van der Waals surface area contributed by atoms with Gasteiger partial charge in [0.15, 0.2) is 0 Å². The number of carboxylic acid groups (broad SMARTS) is 1. The Balaban J connectivity index is 2.62. The molecule has 6 heteroatoms. The fourth-order valence-corrected chi connectivity index (χ4v) is 1.70. The first-order valence-electron chi connectivity index (χ1n) is 6.44. The van der Waals surface area contributed by atoms with Gasteiger partial charge in [-0.15, -0.1) is 0 Å². The molecule has 6 nitrogen and oxygen atoms in total. The zero-order chi connectivity index (χ0) is 15.0. The van der Waals surface area contributed by atoms with Crippen LogP contribution in [-0.2, 0) is 20.9 Å². The number of benzene rings is 1. The van der Waals surface area contributed by atoms with E-state index in [1.807, 2.05) is 6.07 Å². The largest absolute Gasteiger partial charge is 0.479 e. The van der Waals surface area contributed by atoms with Crippen molar-refractivity contribution in [1.29, 1.82) is 0 Å². The van der Waals surface area contributed by atoms with Crippen molar-refractivity contribution in [3.05, 3.63) is 35.9 Å². The highest BCUT2D eigenvalue weighted by Crippen LogP contribution is 2.15. The second kappa shape index (κ2) is 7.62. The van der Waals surface area contributed by atoms with Crippen LogP contribution >= 0.6 is 0 Å². The monoisotopic (exact) mass is 280 g/mol. The van der Waals surface area contributed by atoms with E-state index >= 15 is 0 Å². The summed E-state index contributed by atoms with van der Waals surface area (Å²) in [6.07, 6.45) is 1.07. The van der Waals surface area contributed by atoms with Gasteiger partial charge in [-0.05, 0) is 31.4 Å². The van der Waals surface area contributed by atoms with E-state index in [1.54, 1.807) is 24.3 Å². The fourth-order valence-electron chi connectivity index (χ4n) is 1.70. The Bertz CT molecular complexity index is 450. The van der Waals surface area contributed by atoms with Crippen molar-refractivity contribution in [3.8, 4) is 0 Å². The van der Waals surface area contributed by atoms with Crippen LogP contribution in [0.2, 0.25) is 0 Å². The van der Waals surface area contributed by atoms with Gasteiger partial charge >= 0.3 is 11.9 Å². The van der Waals surface area contributed by atoms with Crippen LogP contribution < -0.4 is 11.5 Å². The third kappa shape index (κ3) is 4.32. The minimum absolute atomic E-state index is 0.00277. The van der Waals surface area contributed by atoms with Crippen LogP contribution in [0.1, 0.15) is 24.8 Å². The first-order valence-corrected chi connectivity index (χ1v) is 6.44. The normalized spacial score (nSPS) is 13.5. The van der Waals surface area contributed by atoms with Crippen molar-refractivity contribution < 1.29 is 19.4 Å². The number of unbranched alkanes of at least 4 members (excludes halogenated alkanes) is 1. The summed E-state index contributed by atoms with van der Waals surface area (Å²) >= 11 is 0. The number of nitrogens with two attached hydrogens (primary N) is 2. The molecular weight excluding hydrogens is 260 g/mol. The van der Waals surface area contributed by atoms with Crippen LogP contribution in [0.15, 0.2) is 30.3 Å². The SMILES string of the molecule is NCCCC[C@@](N)(C(=O)O)C(=O)OCc1ccccc1. The molecule has 0 fully saturated rings. The Morgan fingerprint density at radius 2 is 1.85 bits per heavy atom. The van der Waals surface area contributed by atoms with Crippen molar-refractivity contribution in [3.63, 3.8) is 0 Å². The highest BCUT2D eigenvalue weighted by molar-refractivity contribution is 6.03. The van der Waals surface area contributed by atoms with Crippen LogP contribution in [-0.4, -0.2) is 29.1 Å². The van der Waals surface area contributed by atoms with E-state index in [2.05, 4.69) is 0 Å². The van der Waals surface area contributed by atoms with Crippen LogP contribution in [0.25, 0.3) is 0 Å². The first kappa shape index (κ1) is 16.1. The smallest absolute Gasteiger partial charge is 0.338 e. The van der Waals surface area contributed by atoms with Crippen LogP contribution in [0.3, 0.4) is 0 Å². The minimum Gasteiger partial charge on any atom is -0.479 e. The van der Waals surface area contributed by atoms with Crippen molar-refractivity contribution in [2.75, 3.05) is 6.54 Å². The third-order valence-corrected chi connectivity index (χ3v) is 2.98. The molecule has 0 saturated carbocycles. The topological polar surface area (TPSA) is 116 Å². The molecule has 0 radical (unpaired) electrons. The lowest BCUT2D eigenvalue weighted by atomic mass is 9.94. The molecule has 1 aromatic carbocycles. The van der Waals surface area contributed by atoms with E-state index in [9.17, 15) is 9.59 Å². The zero-order valence-corrected chi connectivity index (χ0v) is 11.2. The Hall–Kier alpha value is -1.92. The molecule has 1 aromatic rings. The molecule has 110 valence electrons. The van der Waals surface area contributed by atoms with Crippen LogP contribution in [0, 0.1) is 0 Å². The number of ether oxygens (including phenoxy) is 1. The predicted molar refractivity (Wildman–Crippen MR) is 73.7 cm³/mol. The fraction of sp³-hybridized carbons (Fsp3) is 0.429. The highest BCUT2D eigenvalue weighted by Gasteiger charge is 2.43. The summed E-state index contributed by atoms with van der Waals surface area (Å²) in [5.74, 6) is -2.31. The van der Waals surface area contributed by atoms with Crippen LogP contribution in [0.4, 0.5) is 0 Å². The van der Waals surface area contributed by atoms with Gasteiger partial charge in [-0.2, -0.15) is 0 Å². The molecule has 1 rings (SSSR count). The average molecular weight is 280 g/mol. The second-order valence-electron chi connectivity index (χ2n) is 4.58. The van der Waals surface area contributed by atoms with Crippen molar-refractivity contribution in [2.24, 2.45) is 11.5 Å². The van der Waals surface area contributed by atoms with Crippen molar-refractivity contribution in [2.45, 2.75) is 31.4 Å². The van der Waals surface area contributed by atoms with Gasteiger partial charge in [-0.1, -0.05) is 30.3 Å². The average Bonchev–Trinajstić information content (AvgIpc) is 2.45. The Morgan fingerprint density at radius 1 is 1.20 bits per heavy atom. The van der Waals surface area contributed by atoms with Crippen molar-refractivity contribution >= 4 is 11.9 Å². The lowest BCUT2D eigenvalue weighted by Crippen LogP contribution is -2.55. The maximum atomic E-state index is 11.9. The number of carboxylic acids is 1. The molecule has 20 heavy (non-hydrogen) atoms. The Morgan fingerprint density at radius 3 is 2.40 bits per heavy atom. The van der Waals surface area contributed by atoms with Crippen molar-refractivity contribution in [1.82, 2.24) is 0 Å². The van der Waals surface area contributed by atoms with Gasteiger partial charge in [0.05, 0.1) is 0 Å². The zero-order valence-electron chi connectivity index (χ0n) is 11.2. The maximum absolute atomic E-state index is 11.9. The summed E-state index contributed by atoms with van der Waals surface area (Å²) in [7, 11) is 0. The summed E-state index contributed by atoms with van der Waals surface area (Å²) in [6.45, 7) is 0.428. The van der Waals surface area contributed by atoms with Gasteiger partial charge in [0.2, 0.25) is 5.54 Å². The van der Waals surface area contributed by atoms with E-state index in [0.717, 1.165) is 5.56 Å². The number of carbonyl (C=O) groups is 2. The van der Waals surface area contributed by atoms with Gasteiger partial charge in [0.1, 0.15) is 6.61 Å². The van der Waals surface area contributed by atoms with Crippen LogP contribution in [0.5, 0.6) is 0 Å². The van der Waals surface area contributed by atoms with E-state index in [1.165, 1.54) is 0 Å². The van der Waals surface area contributed by atoms with E-state index in [-0.39, 0.29) is 13.0 Å².